The van der Waals surface area contributed by atoms with Gasteiger partial charge in [0, 0.05) is 37.3 Å². The number of amides is 4. The number of para-hydroxylation sites is 2. The number of carbonyl (C=O) groups excluding carboxylic acids is 4. The maximum absolute atomic E-state index is 13.6. The van der Waals surface area contributed by atoms with Crippen LogP contribution in [-0.2, 0) is 32.3 Å². The van der Waals surface area contributed by atoms with Crippen LogP contribution in [0.5, 0.6) is 0 Å². The summed E-state index contributed by atoms with van der Waals surface area (Å²) in [5.41, 5.74) is 3.45. The molecule has 50 heavy (non-hydrogen) atoms. The van der Waals surface area contributed by atoms with Gasteiger partial charge >= 0.3 is 0 Å². The Labute approximate surface area is 310 Å². The third kappa shape index (κ3) is 8.22. The van der Waals surface area contributed by atoms with Crippen LogP contribution in [0.3, 0.4) is 0 Å². The molecule has 4 amide bonds. The molecule has 0 N–H and O–H groups in total. The molecule has 4 aromatic rings. The van der Waals surface area contributed by atoms with Crippen LogP contribution < -0.4 is 9.80 Å². The summed E-state index contributed by atoms with van der Waals surface area (Å²) in [5.74, 6) is -1.20. The predicted octanol–water partition coefficient (Wildman–Crippen LogP) is 7.17. The highest BCUT2D eigenvalue weighted by Gasteiger charge is 2.42. The lowest BCUT2D eigenvalue weighted by atomic mass is 10.1. The quantitative estimate of drug-likeness (QED) is 0.112. The Bertz CT molecular complexity index is 1800. The molecule has 0 bridgehead atoms. The van der Waals surface area contributed by atoms with Crippen LogP contribution in [-0.4, -0.2) is 55.2 Å². The number of hydrogen-bond donors (Lipinski definition) is 0. The summed E-state index contributed by atoms with van der Waals surface area (Å²) in [4.78, 5) is 60.9. The van der Waals surface area contributed by atoms with Gasteiger partial charge in [-0.25, -0.2) is 0 Å². The summed E-state index contributed by atoms with van der Waals surface area (Å²) < 4.78 is 0.541. The number of rotatable bonds is 12. The van der Waals surface area contributed by atoms with E-state index in [9.17, 15) is 19.2 Å². The van der Waals surface area contributed by atoms with Crippen molar-refractivity contribution >= 4 is 91.6 Å². The van der Waals surface area contributed by atoms with Crippen molar-refractivity contribution < 1.29 is 19.2 Å². The largest absolute Gasteiger partial charge is 0.308 e. The number of carbonyl (C=O) groups is 4. The zero-order chi connectivity index (χ0) is 35.0. The molecule has 0 radical (unpaired) electrons. The molecule has 12 heteroatoms. The summed E-state index contributed by atoms with van der Waals surface area (Å²) in [6.07, 6.45) is 0.0663. The highest BCUT2D eigenvalue weighted by molar-refractivity contribution is 8.29. The van der Waals surface area contributed by atoms with Gasteiger partial charge in [-0.15, -0.1) is 0 Å². The SMILES string of the molecule is O=C1C(=C2SC(=S)N(CCC(=O)N(Cc3ccccc3)c3ccccc3)C2=O)SC(=S)N1CCC(=O)N(Cc1ccccc1)c1ccccc1. The molecule has 0 spiro atoms. The van der Waals surface area contributed by atoms with Gasteiger partial charge in [-0.2, -0.15) is 0 Å². The molecular formula is C38H32N4O4S4. The van der Waals surface area contributed by atoms with E-state index < -0.39 is 11.8 Å². The Kier molecular flexibility index (Phi) is 11.5. The van der Waals surface area contributed by atoms with E-state index in [0.717, 1.165) is 46.0 Å². The van der Waals surface area contributed by atoms with E-state index in [4.69, 9.17) is 24.4 Å². The third-order valence-electron chi connectivity index (χ3n) is 8.11. The van der Waals surface area contributed by atoms with Crippen molar-refractivity contribution in [1.29, 1.82) is 0 Å². The van der Waals surface area contributed by atoms with E-state index in [-0.39, 0.29) is 56.2 Å². The average Bonchev–Trinajstić information content (AvgIpc) is 3.59. The molecule has 252 valence electrons. The minimum atomic E-state index is -0.434. The smallest absolute Gasteiger partial charge is 0.267 e. The molecule has 8 nitrogen and oxygen atoms in total. The van der Waals surface area contributed by atoms with Crippen molar-refractivity contribution in [2.75, 3.05) is 22.9 Å². The second-order valence-corrected chi connectivity index (χ2v) is 14.7. The number of anilines is 2. The van der Waals surface area contributed by atoms with Gasteiger partial charge in [-0.1, -0.05) is 145 Å². The molecule has 0 saturated carbocycles. The van der Waals surface area contributed by atoms with Crippen LogP contribution >= 0.6 is 48.0 Å². The number of thiocarbonyl (C=S) groups is 2. The standard InChI is InChI=1S/C38H32N4O4S4/c43-31(41(29-17-9-3-10-18-29)25-27-13-5-1-6-14-27)21-23-39-35(45)33(49-37(39)47)34-36(46)40(38(48)50-34)24-22-32(44)42(30-19-11-4-12-20-30)26-28-15-7-2-8-16-28/h1-20H,21-26H2. The second-order valence-electron chi connectivity index (χ2n) is 11.4. The molecule has 0 aromatic heterocycles. The number of hydrogen-bond acceptors (Lipinski definition) is 8. The van der Waals surface area contributed by atoms with Crippen LogP contribution in [0.1, 0.15) is 24.0 Å². The Morgan fingerprint density at radius 2 is 0.840 bits per heavy atom. The molecule has 2 fully saturated rings. The molecule has 0 aliphatic carbocycles. The molecule has 6 rings (SSSR count). The van der Waals surface area contributed by atoms with Crippen molar-refractivity contribution in [3.63, 3.8) is 0 Å². The lowest BCUT2D eigenvalue weighted by Gasteiger charge is -2.24. The first-order valence-electron chi connectivity index (χ1n) is 15.9. The minimum Gasteiger partial charge on any atom is -0.308 e. The van der Waals surface area contributed by atoms with Gasteiger partial charge in [0.25, 0.3) is 11.8 Å². The highest BCUT2D eigenvalue weighted by atomic mass is 32.2. The van der Waals surface area contributed by atoms with Crippen LogP contribution in [0.4, 0.5) is 11.4 Å². The maximum atomic E-state index is 13.6. The molecule has 2 heterocycles. The van der Waals surface area contributed by atoms with Crippen molar-refractivity contribution in [1.82, 2.24) is 9.80 Å². The number of thioether (sulfide) groups is 2. The number of benzene rings is 4. The van der Waals surface area contributed by atoms with Gasteiger partial charge in [0.2, 0.25) is 11.8 Å². The van der Waals surface area contributed by atoms with Crippen LogP contribution in [0.2, 0.25) is 0 Å². The van der Waals surface area contributed by atoms with E-state index in [0.29, 0.717) is 13.1 Å². The minimum absolute atomic E-state index is 0.0331. The zero-order valence-corrected chi connectivity index (χ0v) is 30.1. The number of nitrogens with zero attached hydrogens (tertiary/aromatic N) is 4. The lowest BCUT2D eigenvalue weighted by Crippen LogP contribution is -2.36. The summed E-state index contributed by atoms with van der Waals surface area (Å²) in [7, 11) is 0. The van der Waals surface area contributed by atoms with Gasteiger partial charge < -0.3 is 9.80 Å². The van der Waals surface area contributed by atoms with E-state index in [1.54, 1.807) is 9.80 Å². The molecule has 0 unspecified atom stereocenters. The molecule has 4 aromatic carbocycles. The van der Waals surface area contributed by atoms with Gasteiger partial charge in [0.1, 0.15) is 8.64 Å². The van der Waals surface area contributed by atoms with Crippen molar-refractivity contribution in [3.05, 3.63) is 142 Å². The van der Waals surface area contributed by atoms with E-state index in [1.807, 2.05) is 121 Å². The molecule has 0 atom stereocenters. The van der Waals surface area contributed by atoms with E-state index in [2.05, 4.69) is 0 Å². The normalized spacial score (nSPS) is 15.9. The van der Waals surface area contributed by atoms with Crippen molar-refractivity contribution in [2.45, 2.75) is 25.9 Å². The maximum Gasteiger partial charge on any atom is 0.267 e. The Hall–Kier alpha value is -4.62. The Morgan fingerprint density at radius 3 is 1.18 bits per heavy atom. The summed E-state index contributed by atoms with van der Waals surface area (Å²) in [5, 5.41) is 0. The highest BCUT2D eigenvalue weighted by Crippen LogP contribution is 2.42. The van der Waals surface area contributed by atoms with Crippen molar-refractivity contribution in [3.8, 4) is 0 Å². The van der Waals surface area contributed by atoms with Crippen LogP contribution in [0.25, 0.3) is 0 Å². The molecule has 2 saturated heterocycles. The van der Waals surface area contributed by atoms with E-state index in [1.165, 1.54) is 9.80 Å². The van der Waals surface area contributed by atoms with Gasteiger partial charge in [0.15, 0.2) is 0 Å². The van der Waals surface area contributed by atoms with Crippen LogP contribution in [0, 0.1) is 0 Å². The lowest BCUT2D eigenvalue weighted by molar-refractivity contribution is -0.126. The molecular weight excluding hydrogens is 705 g/mol. The first-order chi connectivity index (χ1) is 24.3. The first-order valence-corrected chi connectivity index (χ1v) is 18.4. The van der Waals surface area contributed by atoms with Gasteiger partial charge in [0.05, 0.1) is 22.9 Å². The van der Waals surface area contributed by atoms with Crippen molar-refractivity contribution in [2.24, 2.45) is 0 Å². The third-order valence-corrected chi connectivity index (χ3v) is 11.1. The summed E-state index contributed by atoms with van der Waals surface area (Å²) in [6, 6.07) is 38.2. The summed E-state index contributed by atoms with van der Waals surface area (Å²) in [6.45, 7) is 0.887. The molecule has 2 aliphatic heterocycles. The monoisotopic (exact) mass is 736 g/mol. The second kappa shape index (κ2) is 16.4. The fraction of sp³-hybridized carbons (Fsp3) is 0.158. The van der Waals surface area contributed by atoms with E-state index >= 15 is 0 Å². The van der Waals surface area contributed by atoms with Crippen LogP contribution in [0.15, 0.2) is 131 Å². The fourth-order valence-corrected chi connectivity index (χ4v) is 8.31. The zero-order valence-electron chi connectivity index (χ0n) is 26.8. The average molecular weight is 737 g/mol. The first kappa shape index (κ1) is 35.2. The molecule has 2 aliphatic rings. The Balaban J connectivity index is 1.11. The predicted molar refractivity (Wildman–Crippen MR) is 208 cm³/mol. The van der Waals surface area contributed by atoms with Gasteiger partial charge in [-0.3, -0.25) is 29.0 Å². The summed E-state index contributed by atoms with van der Waals surface area (Å²) >= 11 is 13.2. The fourth-order valence-electron chi connectivity index (χ4n) is 5.54. The van der Waals surface area contributed by atoms with Gasteiger partial charge in [-0.05, 0) is 35.4 Å². The Morgan fingerprint density at radius 1 is 0.520 bits per heavy atom. The topological polar surface area (TPSA) is 81.2 Å².